The highest BCUT2D eigenvalue weighted by Crippen LogP contribution is 2.48. The van der Waals surface area contributed by atoms with Gasteiger partial charge in [0.15, 0.2) is 0 Å². The lowest BCUT2D eigenvalue weighted by Crippen LogP contribution is -2.16. The molecule has 2 N–H and O–H groups in total. The van der Waals surface area contributed by atoms with E-state index < -0.39 is 11.7 Å². The molecule has 3 aromatic carbocycles. The van der Waals surface area contributed by atoms with Crippen molar-refractivity contribution in [3.8, 4) is 5.75 Å². The smallest absolute Gasteiger partial charge is 0.258 e. The van der Waals surface area contributed by atoms with E-state index in [0.717, 1.165) is 11.6 Å². The van der Waals surface area contributed by atoms with Gasteiger partial charge < -0.3 is 15.4 Å². The van der Waals surface area contributed by atoms with Crippen LogP contribution < -0.4 is 15.4 Å². The fourth-order valence-electron chi connectivity index (χ4n) is 3.54. The van der Waals surface area contributed by atoms with Crippen molar-refractivity contribution in [1.29, 1.82) is 0 Å². The highest BCUT2D eigenvalue weighted by Gasteiger charge is 2.43. The van der Waals surface area contributed by atoms with Crippen LogP contribution >= 0.6 is 11.6 Å². The number of amides is 2. The molecule has 32 heavy (non-hydrogen) atoms. The first-order valence-corrected chi connectivity index (χ1v) is 10.2. The number of nitrogens with one attached hydrogen (secondary N) is 2. The van der Waals surface area contributed by atoms with Crippen LogP contribution in [0.2, 0.25) is 5.02 Å². The van der Waals surface area contributed by atoms with Crippen molar-refractivity contribution in [1.82, 2.24) is 0 Å². The SMILES string of the molecule is COc1ccc(NC(=O)C2CC2c2ccc(F)cc2)cc1NC(=O)c1ccc(Cl)cc1F. The average molecular weight is 457 g/mol. The summed E-state index contributed by atoms with van der Waals surface area (Å²) < 4.78 is 32.4. The van der Waals surface area contributed by atoms with Crippen molar-refractivity contribution in [3.05, 3.63) is 88.4 Å². The van der Waals surface area contributed by atoms with Gasteiger partial charge in [-0.15, -0.1) is 0 Å². The lowest BCUT2D eigenvalue weighted by molar-refractivity contribution is -0.117. The summed E-state index contributed by atoms with van der Waals surface area (Å²) in [6, 6.07) is 14.7. The van der Waals surface area contributed by atoms with Crippen LogP contribution in [0.25, 0.3) is 0 Å². The van der Waals surface area contributed by atoms with Gasteiger partial charge in [0, 0.05) is 16.6 Å². The summed E-state index contributed by atoms with van der Waals surface area (Å²) in [4.78, 5) is 25.2. The number of hydrogen-bond acceptors (Lipinski definition) is 3. The number of halogens is 3. The number of carbonyl (C=O) groups excluding carboxylic acids is 2. The number of ether oxygens (including phenoxy) is 1. The number of rotatable bonds is 6. The molecule has 164 valence electrons. The van der Waals surface area contributed by atoms with E-state index in [2.05, 4.69) is 10.6 Å². The molecule has 0 aliphatic heterocycles. The van der Waals surface area contributed by atoms with Crippen LogP contribution in [0.1, 0.15) is 28.3 Å². The molecule has 8 heteroatoms. The minimum atomic E-state index is -0.751. The second-order valence-electron chi connectivity index (χ2n) is 7.48. The number of methoxy groups -OCH3 is 1. The molecule has 0 heterocycles. The first-order chi connectivity index (χ1) is 15.4. The maximum atomic E-state index is 14.1. The Morgan fingerprint density at radius 2 is 1.75 bits per heavy atom. The average Bonchev–Trinajstić information content (AvgIpc) is 3.55. The molecule has 0 bridgehead atoms. The molecule has 1 fully saturated rings. The Bertz CT molecular complexity index is 1180. The molecule has 2 amide bonds. The summed E-state index contributed by atoms with van der Waals surface area (Å²) in [5, 5.41) is 5.61. The van der Waals surface area contributed by atoms with Crippen LogP contribution in [0.5, 0.6) is 5.75 Å². The molecule has 0 aromatic heterocycles. The molecule has 4 rings (SSSR count). The zero-order valence-electron chi connectivity index (χ0n) is 17.0. The molecule has 0 radical (unpaired) electrons. The monoisotopic (exact) mass is 456 g/mol. The summed E-state index contributed by atoms with van der Waals surface area (Å²) in [6.07, 6.45) is 0.674. The Morgan fingerprint density at radius 1 is 1.00 bits per heavy atom. The lowest BCUT2D eigenvalue weighted by Gasteiger charge is -2.13. The van der Waals surface area contributed by atoms with Crippen LogP contribution in [0, 0.1) is 17.6 Å². The zero-order valence-corrected chi connectivity index (χ0v) is 17.7. The second-order valence-corrected chi connectivity index (χ2v) is 7.92. The first kappa shape index (κ1) is 21.8. The standard InChI is InChI=1S/C24H19ClF2N2O3/c1-32-22-9-7-16(11-21(22)29-23(30)17-8-4-14(25)10-20(17)27)28-24(31)19-12-18(19)13-2-5-15(26)6-3-13/h2-11,18-19H,12H2,1H3,(H,28,31)(H,29,30). The second kappa shape index (κ2) is 8.96. The quantitative estimate of drug-likeness (QED) is 0.505. The molecule has 0 saturated heterocycles. The Balaban J connectivity index is 1.46. The third kappa shape index (κ3) is 4.73. The topological polar surface area (TPSA) is 67.4 Å². The molecule has 2 unspecified atom stereocenters. The Labute approximate surface area is 188 Å². The number of carbonyl (C=O) groups is 2. The zero-order chi connectivity index (χ0) is 22.8. The number of benzene rings is 3. The van der Waals surface area contributed by atoms with E-state index in [-0.39, 0.29) is 39.8 Å². The van der Waals surface area contributed by atoms with E-state index in [0.29, 0.717) is 17.9 Å². The predicted molar refractivity (Wildman–Crippen MR) is 118 cm³/mol. The van der Waals surface area contributed by atoms with Crippen molar-refractivity contribution >= 4 is 34.8 Å². The third-order valence-corrected chi connectivity index (χ3v) is 5.55. The van der Waals surface area contributed by atoms with Gasteiger partial charge in [0.2, 0.25) is 5.91 Å². The van der Waals surface area contributed by atoms with Crippen molar-refractivity contribution in [2.24, 2.45) is 5.92 Å². The van der Waals surface area contributed by atoms with Gasteiger partial charge in [-0.25, -0.2) is 8.78 Å². The van der Waals surface area contributed by atoms with Gasteiger partial charge in [0.1, 0.15) is 17.4 Å². The minimum absolute atomic E-state index is 0.0425. The van der Waals surface area contributed by atoms with E-state index in [4.69, 9.17) is 16.3 Å². The van der Waals surface area contributed by atoms with E-state index in [1.807, 2.05) is 0 Å². The van der Waals surface area contributed by atoms with Crippen LogP contribution in [-0.4, -0.2) is 18.9 Å². The van der Waals surface area contributed by atoms with Gasteiger partial charge in [0.05, 0.1) is 18.4 Å². The maximum Gasteiger partial charge on any atom is 0.258 e. The molecule has 5 nitrogen and oxygen atoms in total. The summed E-state index contributed by atoms with van der Waals surface area (Å²) in [5.41, 5.74) is 1.47. The van der Waals surface area contributed by atoms with Crippen molar-refractivity contribution < 1.29 is 23.1 Å². The van der Waals surface area contributed by atoms with Gasteiger partial charge >= 0.3 is 0 Å². The Hall–Kier alpha value is -3.45. The summed E-state index contributed by atoms with van der Waals surface area (Å²) in [7, 11) is 1.43. The van der Waals surface area contributed by atoms with Crippen molar-refractivity contribution in [2.75, 3.05) is 17.7 Å². The summed E-state index contributed by atoms with van der Waals surface area (Å²) in [6.45, 7) is 0. The highest BCUT2D eigenvalue weighted by atomic mass is 35.5. The van der Waals surface area contributed by atoms with E-state index in [1.54, 1.807) is 24.3 Å². The van der Waals surface area contributed by atoms with Crippen LogP contribution in [0.4, 0.5) is 20.2 Å². The minimum Gasteiger partial charge on any atom is -0.495 e. The van der Waals surface area contributed by atoms with E-state index in [1.165, 1.54) is 37.4 Å². The molecule has 1 aliphatic rings. The van der Waals surface area contributed by atoms with E-state index >= 15 is 0 Å². The fraction of sp³-hybridized carbons (Fsp3) is 0.167. The maximum absolute atomic E-state index is 14.1. The number of hydrogen-bond donors (Lipinski definition) is 2. The molecule has 1 aliphatic carbocycles. The molecule has 3 aromatic rings. The van der Waals surface area contributed by atoms with Gasteiger partial charge in [-0.05, 0) is 66.4 Å². The normalized spacial score (nSPS) is 16.9. The van der Waals surface area contributed by atoms with Gasteiger partial charge in [-0.1, -0.05) is 23.7 Å². The van der Waals surface area contributed by atoms with Crippen molar-refractivity contribution in [3.63, 3.8) is 0 Å². The highest BCUT2D eigenvalue weighted by molar-refractivity contribution is 6.30. The fourth-order valence-corrected chi connectivity index (χ4v) is 3.70. The van der Waals surface area contributed by atoms with Crippen LogP contribution in [0.15, 0.2) is 60.7 Å². The van der Waals surface area contributed by atoms with E-state index in [9.17, 15) is 18.4 Å². The van der Waals surface area contributed by atoms with Gasteiger partial charge in [-0.2, -0.15) is 0 Å². The summed E-state index contributed by atoms with van der Waals surface area (Å²) >= 11 is 5.74. The van der Waals surface area contributed by atoms with Crippen LogP contribution in [0.3, 0.4) is 0 Å². The predicted octanol–water partition coefficient (Wildman–Crippen LogP) is 5.62. The largest absolute Gasteiger partial charge is 0.495 e. The molecular formula is C24H19ClF2N2O3. The van der Waals surface area contributed by atoms with Crippen LogP contribution in [-0.2, 0) is 4.79 Å². The molecular weight excluding hydrogens is 438 g/mol. The Morgan fingerprint density at radius 3 is 2.44 bits per heavy atom. The van der Waals surface area contributed by atoms with Gasteiger partial charge in [-0.3, -0.25) is 9.59 Å². The lowest BCUT2D eigenvalue weighted by atomic mass is 10.1. The molecule has 2 atom stereocenters. The van der Waals surface area contributed by atoms with Crippen molar-refractivity contribution in [2.45, 2.75) is 12.3 Å². The summed E-state index contributed by atoms with van der Waals surface area (Å²) in [5.74, 6) is -1.75. The first-order valence-electron chi connectivity index (χ1n) is 9.86. The molecule has 0 spiro atoms. The molecule has 1 saturated carbocycles. The Kier molecular flexibility index (Phi) is 6.10. The number of anilines is 2. The van der Waals surface area contributed by atoms with Gasteiger partial charge in [0.25, 0.3) is 5.91 Å². The third-order valence-electron chi connectivity index (χ3n) is 5.32.